The number of carbonyl (C=O) groups excluding carboxylic acids is 10. The van der Waals surface area contributed by atoms with E-state index in [0.717, 1.165) is 0 Å². The van der Waals surface area contributed by atoms with Crippen LogP contribution in [0.15, 0.2) is 54.6 Å². The van der Waals surface area contributed by atoms with Crippen molar-refractivity contribution in [3.8, 4) is 217 Å². The first kappa shape index (κ1) is 87.3. The van der Waals surface area contributed by atoms with Crippen LogP contribution in [0.4, 0.5) is 0 Å². The van der Waals surface area contributed by atoms with Crippen LogP contribution in [-0.4, -0.2) is 280 Å². The van der Waals surface area contributed by atoms with Crippen molar-refractivity contribution in [1.29, 1.82) is 0 Å². The Morgan fingerprint density at radius 3 is 0.767 bits per heavy atom. The summed E-state index contributed by atoms with van der Waals surface area (Å²) in [6, 6.07) is 1.88. The highest BCUT2D eigenvalue weighted by Gasteiger charge is 2.60. The SMILES string of the molecule is O=C(OC1COC(=O)c2cc(O)c(O)c(O)c2-c2c(cc(O)c(O)c2O)C(=O)OC1C1OC(=O)c2c(c(O)c(O)c(O)c2C2c3c(O)c(O)c(O)c4c3C(=O)OC2C(C2OC(=O)c3cc(O)c(O)c(O)c3-c3c(cc(O)c(O)c3O)C(=O)OCC2OC(=O)c2cc(O)c(O)c(O)c2)OC(=O)c2cc(O)c(O)c(O)c2-4)-c2c(O)c(O)c(O)c3c2C(=O)OC1C3O)c1cc(O)c(O)c(O)c1. The molecule has 0 saturated carbocycles. The first-order chi connectivity index (χ1) is 62.5. The first-order valence-corrected chi connectivity index (χ1v) is 37.1. The van der Waals surface area contributed by atoms with Gasteiger partial charge in [-0.2, -0.15) is 0 Å². The molecular formula is C82H54O51. The topological polar surface area (TPSA) is 890 Å². The van der Waals surface area contributed by atoms with E-state index in [9.17, 15) is 173 Å². The van der Waals surface area contributed by atoms with Crippen molar-refractivity contribution in [1.82, 2.24) is 0 Å². The number of fused-ring (bicyclic) bond motifs is 13. The highest BCUT2D eigenvalue weighted by molar-refractivity contribution is 6.16. The van der Waals surface area contributed by atoms with Gasteiger partial charge < -0.3 is 206 Å². The number of carbonyl (C=O) groups is 10. The van der Waals surface area contributed by atoms with E-state index >= 15 is 33.6 Å². The van der Waals surface area contributed by atoms with Crippen LogP contribution in [0.5, 0.6) is 172 Å². The van der Waals surface area contributed by atoms with E-state index in [-0.39, 0.29) is 42.5 Å². The fraction of sp³-hybridized carbons (Fsp3) is 0.146. The maximum Gasteiger partial charge on any atom is 0.339 e. The van der Waals surface area contributed by atoms with E-state index in [1.807, 2.05) is 0 Å². The summed E-state index contributed by atoms with van der Waals surface area (Å²) in [5.41, 5.74) is -34.1. The molecule has 51 nitrogen and oxygen atoms in total. The van der Waals surface area contributed by atoms with Crippen LogP contribution in [0.3, 0.4) is 0 Å². The van der Waals surface area contributed by atoms with Gasteiger partial charge >= 0.3 is 59.7 Å². The Balaban J connectivity index is 1.03. The lowest BCUT2D eigenvalue weighted by Gasteiger charge is -2.43. The normalized spacial score (nSPS) is 20.1. The minimum Gasteiger partial charge on any atom is -0.504 e. The van der Waals surface area contributed by atoms with Gasteiger partial charge in [-0.05, 0) is 54.6 Å². The van der Waals surface area contributed by atoms with Crippen molar-refractivity contribution in [3.63, 3.8) is 0 Å². The van der Waals surface area contributed by atoms with Crippen LogP contribution >= 0.6 is 0 Å². The molecule has 17 rings (SSSR count). The third-order valence-electron chi connectivity index (χ3n) is 22.3. The molecule has 0 aromatic heterocycles. The number of aromatic hydroxyl groups is 30. The summed E-state index contributed by atoms with van der Waals surface area (Å²) in [5, 5.41) is 359. The van der Waals surface area contributed by atoms with Crippen LogP contribution in [0.1, 0.15) is 132 Å². The Hall–Kier alpha value is -19.1. The van der Waals surface area contributed by atoms with Crippen molar-refractivity contribution in [2.45, 2.75) is 60.9 Å². The highest BCUT2D eigenvalue weighted by atomic mass is 16.7. The van der Waals surface area contributed by atoms with E-state index in [0.29, 0.717) is 12.1 Å². The molecule has 6 bridgehead atoms. The smallest absolute Gasteiger partial charge is 0.339 e. The number of aliphatic hydroxyl groups excluding tert-OH is 1. The Bertz CT molecular complexity index is 6990. The molecule has 7 aliphatic rings. The van der Waals surface area contributed by atoms with Gasteiger partial charge in [0.05, 0.1) is 61.6 Å². The van der Waals surface area contributed by atoms with Gasteiger partial charge in [0.2, 0.25) is 46.0 Å². The average molecular weight is 1860 g/mol. The number of rotatable bonds is 7. The van der Waals surface area contributed by atoms with E-state index < -0.39 is 423 Å². The maximum absolute atomic E-state index is 17.2. The predicted molar refractivity (Wildman–Crippen MR) is 411 cm³/mol. The second kappa shape index (κ2) is 30.6. The highest BCUT2D eigenvalue weighted by Crippen LogP contribution is 2.66. The number of phenolic OH excluding ortho intramolecular Hbond substituents is 30. The van der Waals surface area contributed by atoms with Gasteiger partial charge in [0.1, 0.15) is 19.3 Å². The lowest BCUT2D eigenvalue weighted by molar-refractivity contribution is -0.154. The number of aliphatic hydroxyl groups is 1. The average Bonchev–Trinajstić information content (AvgIpc) is 0.738. The molecule has 51 heteroatoms. The van der Waals surface area contributed by atoms with Crippen LogP contribution < -0.4 is 0 Å². The summed E-state index contributed by atoms with van der Waals surface area (Å²) in [6.45, 7) is -3.97. The third-order valence-corrected chi connectivity index (χ3v) is 22.3. The lowest BCUT2D eigenvalue weighted by atomic mass is 9.72. The van der Waals surface area contributed by atoms with Crippen molar-refractivity contribution in [2.75, 3.05) is 13.2 Å². The number of cyclic esters (lactones) is 5. The number of benzene rings is 10. The third kappa shape index (κ3) is 13.0. The molecule has 10 aromatic carbocycles. The van der Waals surface area contributed by atoms with Gasteiger partial charge in [-0.1, -0.05) is 0 Å². The van der Waals surface area contributed by atoms with Crippen molar-refractivity contribution >= 4 is 59.7 Å². The van der Waals surface area contributed by atoms with E-state index in [1.54, 1.807) is 0 Å². The zero-order chi connectivity index (χ0) is 96.8. The molecule has 0 radical (unpaired) electrons. The molecule has 10 atom stereocenters. The Kier molecular flexibility index (Phi) is 20.1. The van der Waals surface area contributed by atoms with E-state index in [1.165, 1.54) is 0 Å². The van der Waals surface area contributed by atoms with Gasteiger partial charge in [0.15, 0.2) is 175 Å². The zero-order valence-electron chi connectivity index (χ0n) is 64.9. The van der Waals surface area contributed by atoms with Crippen LogP contribution in [-0.2, 0) is 47.4 Å². The quantitative estimate of drug-likeness (QED) is 0.0619. The van der Waals surface area contributed by atoms with Crippen LogP contribution in [0.2, 0.25) is 0 Å². The van der Waals surface area contributed by atoms with Gasteiger partial charge in [-0.25, -0.2) is 47.9 Å². The summed E-state index contributed by atoms with van der Waals surface area (Å²) in [5.74, 6) is -79.5. The molecule has 7 heterocycles. The van der Waals surface area contributed by atoms with Gasteiger partial charge in [0, 0.05) is 61.2 Å². The standard InChI is InChI=1S/C82H54O51/c83-19-1-12(2-20(84)45(19)92)73(114)126-28-10-124-75(116)14-5-23(87)47(94)52(99)30(14)32-16(7-25(89)49(96)54(32)101)77(118)128-67(28)71-69-40(38-41(80(121)130-69)35(57(104)64(111)60(38)107)34-18(79(120)132-71)9-27(91)51(98)56(34)103)39-42-36(58(105)65(112)61(39)108)37-43-44(62(109)66(113)59(37)106)63(110)70(131-82(43)123)72(133-81(42)122)68-29(127-74(115)13-3-21(85)46(93)22(86)4-13)11-125-76(117)15-6-24(88)48(95)53(100)31(15)33-17(78(119)129-68)8-26(90)50(97)55(33)102/h1-9,28-29,40,63,67-72,83-113H,10-11H2. The summed E-state index contributed by atoms with van der Waals surface area (Å²) in [7, 11) is 0. The van der Waals surface area contributed by atoms with Gasteiger partial charge in [-0.3, -0.25) is 0 Å². The van der Waals surface area contributed by atoms with Crippen LogP contribution in [0, 0.1) is 0 Å². The fourth-order valence-electron chi connectivity index (χ4n) is 16.2. The van der Waals surface area contributed by atoms with Crippen molar-refractivity contribution in [2.24, 2.45) is 0 Å². The molecule has 7 aliphatic heterocycles. The minimum atomic E-state index is -3.69. The number of ether oxygens (including phenoxy) is 10. The van der Waals surface area contributed by atoms with Gasteiger partial charge in [-0.15, -0.1) is 0 Å². The summed E-state index contributed by atoms with van der Waals surface area (Å²) in [6.07, 6.45) is -30.9. The zero-order valence-corrected chi connectivity index (χ0v) is 64.9. The molecule has 0 amide bonds. The van der Waals surface area contributed by atoms with Crippen molar-refractivity contribution in [3.05, 3.63) is 127 Å². The molecule has 0 aliphatic carbocycles. The molecule has 0 spiro atoms. The lowest BCUT2D eigenvalue weighted by Crippen LogP contribution is -2.57. The van der Waals surface area contributed by atoms with Gasteiger partial charge in [0.25, 0.3) is 0 Å². The molecule has 10 aromatic rings. The van der Waals surface area contributed by atoms with E-state index in [4.69, 9.17) is 47.4 Å². The molecule has 0 saturated heterocycles. The second-order valence-corrected chi connectivity index (χ2v) is 29.7. The molecule has 688 valence electrons. The Morgan fingerprint density at radius 2 is 0.451 bits per heavy atom. The summed E-state index contributed by atoms with van der Waals surface area (Å²) in [4.78, 5) is 156. The first-order valence-electron chi connectivity index (χ1n) is 37.1. The van der Waals surface area contributed by atoms with E-state index in [2.05, 4.69) is 0 Å². The summed E-state index contributed by atoms with van der Waals surface area (Å²) < 4.78 is 58.2. The number of esters is 10. The predicted octanol–water partition coefficient (Wildman–Crippen LogP) is 3.09. The monoisotopic (exact) mass is 1850 g/mol. The molecule has 31 N–H and O–H groups in total. The Morgan fingerprint density at radius 1 is 0.226 bits per heavy atom. The van der Waals surface area contributed by atoms with Crippen LogP contribution in [0.25, 0.3) is 44.5 Å². The Labute approximate surface area is 728 Å². The molecule has 133 heavy (non-hydrogen) atoms. The number of phenols is 30. The summed E-state index contributed by atoms with van der Waals surface area (Å²) >= 11 is 0. The number of hydrogen-bond donors (Lipinski definition) is 31. The molecule has 0 fully saturated rings. The number of hydrogen-bond acceptors (Lipinski definition) is 51. The molecular weight excluding hydrogens is 1800 g/mol. The van der Waals surface area contributed by atoms with Crippen molar-refractivity contribution < 1.29 is 254 Å². The maximum atomic E-state index is 17.2. The fourth-order valence-corrected chi connectivity index (χ4v) is 16.2. The molecule has 10 unspecified atom stereocenters. The second-order valence-electron chi connectivity index (χ2n) is 29.7. The largest absolute Gasteiger partial charge is 0.504 e. The minimum absolute atomic E-state index is 0.0755.